The molecule has 1 aromatic carbocycles. The van der Waals surface area contributed by atoms with Crippen LogP contribution >= 0.6 is 0 Å². The molecule has 0 bridgehead atoms. The number of hydrogen-bond acceptors (Lipinski definition) is 4. The molecular weight excluding hydrogens is 330 g/mol. The molecule has 0 unspecified atom stereocenters. The summed E-state index contributed by atoms with van der Waals surface area (Å²) >= 11 is 0. The van der Waals surface area contributed by atoms with E-state index in [1.807, 2.05) is 12.1 Å². The van der Waals surface area contributed by atoms with Gasteiger partial charge in [-0.1, -0.05) is 19.1 Å². The maximum atomic E-state index is 12.4. The quantitative estimate of drug-likeness (QED) is 0.790. The number of nitrogens with one attached hydrogen (secondary N) is 1. The molecule has 6 nitrogen and oxygen atoms in total. The number of piperidine rings is 1. The lowest BCUT2D eigenvalue weighted by Gasteiger charge is -2.32. The highest BCUT2D eigenvalue weighted by Crippen LogP contribution is 2.17. The van der Waals surface area contributed by atoms with Crippen LogP contribution in [0.1, 0.15) is 54.9 Å². The third-order valence-corrected chi connectivity index (χ3v) is 5.17. The fourth-order valence-electron chi connectivity index (χ4n) is 3.63. The van der Waals surface area contributed by atoms with Gasteiger partial charge in [-0.3, -0.25) is 19.3 Å². The highest BCUT2D eigenvalue weighted by Gasteiger charge is 2.28. The first-order valence-corrected chi connectivity index (χ1v) is 9.52. The van der Waals surface area contributed by atoms with Gasteiger partial charge >= 0.3 is 0 Å². The summed E-state index contributed by atoms with van der Waals surface area (Å²) in [6.07, 6.45) is 3.75. The normalized spacial score (nSPS) is 19.2. The van der Waals surface area contributed by atoms with E-state index >= 15 is 0 Å². The van der Waals surface area contributed by atoms with Gasteiger partial charge in [0.05, 0.1) is 6.54 Å². The van der Waals surface area contributed by atoms with E-state index in [0.717, 1.165) is 44.5 Å². The number of nitrogens with zero attached hydrogens (tertiary/aromatic N) is 2. The minimum atomic E-state index is -0.119. The summed E-state index contributed by atoms with van der Waals surface area (Å²) in [5.74, 6) is -0.295. The Kier molecular flexibility index (Phi) is 6.04. The molecule has 0 atom stereocenters. The van der Waals surface area contributed by atoms with E-state index in [0.29, 0.717) is 18.4 Å². The molecule has 2 aliphatic rings. The van der Waals surface area contributed by atoms with Crippen LogP contribution in [-0.4, -0.2) is 53.2 Å². The number of imide groups is 1. The van der Waals surface area contributed by atoms with Crippen LogP contribution in [0.5, 0.6) is 0 Å². The SMILES string of the molecule is CCCN1CCC(NC(=O)c2ccc(CN3C(=O)CCC3=O)cc2)CC1. The Bertz CT molecular complexity index is 647. The maximum Gasteiger partial charge on any atom is 0.251 e. The lowest BCUT2D eigenvalue weighted by atomic mass is 10.0. The first kappa shape index (κ1) is 18.6. The van der Waals surface area contributed by atoms with Crippen LogP contribution in [0, 0.1) is 0 Å². The van der Waals surface area contributed by atoms with Gasteiger partial charge < -0.3 is 10.2 Å². The molecule has 2 heterocycles. The number of likely N-dealkylation sites (tertiary alicyclic amines) is 2. The van der Waals surface area contributed by atoms with E-state index in [1.165, 1.54) is 4.90 Å². The number of carbonyl (C=O) groups excluding carboxylic acids is 3. The van der Waals surface area contributed by atoms with Crippen LogP contribution in [0.25, 0.3) is 0 Å². The second-order valence-corrected chi connectivity index (χ2v) is 7.16. The standard InChI is InChI=1S/C20H27N3O3/c1-2-11-22-12-9-17(10-13-22)21-20(26)16-5-3-15(4-6-16)14-23-18(24)7-8-19(23)25/h3-6,17H,2,7-14H2,1H3,(H,21,26). The molecule has 2 fully saturated rings. The molecule has 1 N–H and O–H groups in total. The summed E-state index contributed by atoms with van der Waals surface area (Å²) in [7, 11) is 0. The monoisotopic (exact) mass is 357 g/mol. The number of amides is 3. The van der Waals surface area contributed by atoms with Gasteiger partial charge in [-0.15, -0.1) is 0 Å². The average molecular weight is 357 g/mol. The molecule has 0 radical (unpaired) electrons. The molecule has 6 heteroatoms. The average Bonchev–Trinajstić information content (AvgIpc) is 2.96. The zero-order chi connectivity index (χ0) is 18.5. The zero-order valence-corrected chi connectivity index (χ0v) is 15.4. The smallest absolute Gasteiger partial charge is 0.251 e. The van der Waals surface area contributed by atoms with Gasteiger partial charge in [-0.05, 0) is 43.5 Å². The minimum Gasteiger partial charge on any atom is -0.349 e. The van der Waals surface area contributed by atoms with Crippen LogP contribution < -0.4 is 5.32 Å². The van der Waals surface area contributed by atoms with Crippen molar-refractivity contribution in [2.24, 2.45) is 0 Å². The van der Waals surface area contributed by atoms with Gasteiger partial charge in [0.2, 0.25) is 11.8 Å². The van der Waals surface area contributed by atoms with Crippen molar-refractivity contribution in [2.45, 2.75) is 51.6 Å². The van der Waals surface area contributed by atoms with E-state index in [9.17, 15) is 14.4 Å². The molecule has 2 aliphatic heterocycles. The molecule has 0 spiro atoms. The van der Waals surface area contributed by atoms with Crippen LogP contribution in [-0.2, 0) is 16.1 Å². The number of hydrogen-bond donors (Lipinski definition) is 1. The van der Waals surface area contributed by atoms with E-state index in [1.54, 1.807) is 12.1 Å². The second-order valence-electron chi connectivity index (χ2n) is 7.16. The zero-order valence-electron chi connectivity index (χ0n) is 15.4. The Hall–Kier alpha value is -2.21. The Morgan fingerprint density at radius 3 is 2.27 bits per heavy atom. The Morgan fingerprint density at radius 2 is 1.69 bits per heavy atom. The Morgan fingerprint density at radius 1 is 1.08 bits per heavy atom. The minimum absolute atomic E-state index is 0.0567. The Balaban J connectivity index is 1.51. The van der Waals surface area contributed by atoms with Crippen molar-refractivity contribution in [2.75, 3.05) is 19.6 Å². The highest BCUT2D eigenvalue weighted by molar-refractivity contribution is 6.01. The summed E-state index contributed by atoms with van der Waals surface area (Å²) in [6.45, 7) is 5.68. The summed E-state index contributed by atoms with van der Waals surface area (Å²) in [6, 6.07) is 7.40. The van der Waals surface area contributed by atoms with Crippen LogP contribution in [0.3, 0.4) is 0 Å². The van der Waals surface area contributed by atoms with Crippen LogP contribution in [0.4, 0.5) is 0 Å². The predicted octanol–water partition coefficient (Wildman–Crippen LogP) is 1.94. The summed E-state index contributed by atoms with van der Waals surface area (Å²) in [5, 5.41) is 3.12. The van der Waals surface area contributed by atoms with Crippen molar-refractivity contribution in [1.29, 1.82) is 0 Å². The molecule has 26 heavy (non-hydrogen) atoms. The third-order valence-electron chi connectivity index (χ3n) is 5.17. The van der Waals surface area contributed by atoms with E-state index in [-0.39, 0.29) is 30.3 Å². The van der Waals surface area contributed by atoms with Gasteiger partial charge in [0.25, 0.3) is 5.91 Å². The lowest BCUT2D eigenvalue weighted by Crippen LogP contribution is -2.44. The van der Waals surface area contributed by atoms with Gasteiger partial charge in [0, 0.05) is 37.5 Å². The van der Waals surface area contributed by atoms with Gasteiger partial charge in [-0.2, -0.15) is 0 Å². The first-order valence-electron chi connectivity index (χ1n) is 9.52. The summed E-state index contributed by atoms with van der Waals surface area (Å²) < 4.78 is 0. The number of carbonyl (C=O) groups is 3. The Labute approximate surface area is 154 Å². The number of rotatable bonds is 6. The fraction of sp³-hybridized carbons (Fsp3) is 0.550. The van der Waals surface area contributed by atoms with Crippen molar-refractivity contribution in [1.82, 2.24) is 15.1 Å². The largest absolute Gasteiger partial charge is 0.349 e. The van der Waals surface area contributed by atoms with Crippen LogP contribution in [0.2, 0.25) is 0 Å². The molecule has 0 aromatic heterocycles. The molecule has 3 rings (SSSR count). The number of benzene rings is 1. The van der Waals surface area contributed by atoms with E-state index in [4.69, 9.17) is 0 Å². The highest BCUT2D eigenvalue weighted by atomic mass is 16.2. The van der Waals surface area contributed by atoms with Crippen LogP contribution in [0.15, 0.2) is 24.3 Å². The first-order chi connectivity index (χ1) is 12.6. The van der Waals surface area contributed by atoms with Crippen molar-refractivity contribution in [3.05, 3.63) is 35.4 Å². The maximum absolute atomic E-state index is 12.4. The van der Waals surface area contributed by atoms with Crippen molar-refractivity contribution >= 4 is 17.7 Å². The van der Waals surface area contributed by atoms with E-state index < -0.39 is 0 Å². The van der Waals surface area contributed by atoms with Crippen molar-refractivity contribution in [3.63, 3.8) is 0 Å². The third kappa shape index (κ3) is 4.49. The molecule has 1 aromatic rings. The molecule has 0 saturated carbocycles. The van der Waals surface area contributed by atoms with Crippen molar-refractivity contribution in [3.8, 4) is 0 Å². The second kappa shape index (κ2) is 8.45. The van der Waals surface area contributed by atoms with Crippen molar-refractivity contribution < 1.29 is 14.4 Å². The molecule has 140 valence electrons. The fourth-order valence-corrected chi connectivity index (χ4v) is 3.63. The topological polar surface area (TPSA) is 69.7 Å². The lowest BCUT2D eigenvalue weighted by molar-refractivity contribution is -0.139. The summed E-state index contributed by atoms with van der Waals surface area (Å²) in [5.41, 5.74) is 1.47. The van der Waals surface area contributed by atoms with E-state index in [2.05, 4.69) is 17.1 Å². The van der Waals surface area contributed by atoms with Gasteiger partial charge in [0.15, 0.2) is 0 Å². The molecule has 2 saturated heterocycles. The molecule has 0 aliphatic carbocycles. The molecular formula is C20H27N3O3. The van der Waals surface area contributed by atoms with Gasteiger partial charge in [0.1, 0.15) is 0 Å². The molecule has 3 amide bonds. The summed E-state index contributed by atoms with van der Waals surface area (Å²) in [4.78, 5) is 39.5. The van der Waals surface area contributed by atoms with Gasteiger partial charge in [-0.25, -0.2) is 0 Å². The predicted molar refractivity (Wildman–Crippen MR) is 98.5 cm³/mol.